The molecule has 1 aliphatic rings. The maximum absolute atomic E-state index is 13.4. The normalized spacial score (nSPS) is 28.3. The molecule has 0 aromatic rings. The van der Waals surface area contributed by atoms with Crippen LogP contribution in [0.25, 0.3) is 0 Å². The number of carbonyl (C=O) groups excluding carboxylic acids is 1. The second-order valence-electron chi connectivity index (χ2n) is 2.97. The number of halogens is 1. The topological polar surface area (TPSA) is 57.5 Å². The van der Waals surface area contributed by atoms with Gasteiger partial charge in [0.2, 0.25) is 0 Å². The molecule has 1 atom stereocenters. The number of carbonyl (C=O) groups is 1. The van der Waals surface area contributed by atoms with E-state index in [-0.39, 0.29) is 5.57 Å². The fourth-order valence-corrected chi connectivity index (χ4v) is 1.07. The zero-order chi connectivity index (χ0) is 10.1. The summed E-state index contributed by atoms with van der Waals surface area (Å²) in [5.74, 6) is -0.847. The van der Waals surface area contributed by atoms with Crippen molar-refractivity contribution >= 4 is 6.29 Å². The minimum atomic E-state index is -1.93. The van der Waals surface area contributed by atoms with Crippen LogP contribution < -0.4 is 0 Å². The average molecular weight is 184 g/mol. The number of aliphatic hydroxyl groups is 2. The summed E-state index contributed by atoms with van der Waals surface area (Å²) in [4.78, 5) is 10.4. The molecule has 0 aliphatic heterocycles. The van der Waals surface area contributed by atoms with Crippen molar-refractivity contribution in [3.8, 4) is 0 Å². The van der Waals surface area contributed by atoms with E-state index in [0.29, 0.717) is 6.29 Å². The molecule has 0 aromatic heterocycles. The Morgan fingerprint density at radius 3 is 2.62 bits per heavy atom. The van der Waals surface area contributed by atoms with E-state index < -0.39 is 17.2 Å². The molecular formula is C9H9FO3. The number of aldehydes is 1. The third kappa shape index (κ3) is 2.18. The summed E-state index contributed by atoms with van der Waals surface area (Å²) in [5.41, 5.74) is -2.10. The van der Waals surface area contributed by atoms with Gasteiger partial charge >= 0.3 is 0 Å². The predicted octanol–water partition coefficient (Wildman–Crippen LogP) is 1.74. The second-order valence-corrected chi connectivity index (χ2v) is 2.97. The van der Waals surface area contributed by atoms with Crippen LogP contribution in [-0.4, -0.2) is 22.2 Å². The minimum Gasteiger partial charge on any atom is -0.508 e. The van der Waals surface area contributed by atoms with Gasteiger partial charge in [0.05, 0.1) is 5.57 Å². The van der Waals surface area contributed by atoms with E-state index in [2.05, 4.69) is 0 Å². The van der Waals surface area contributed by atoms with Crippen LogP contribution in [-0.2, 0) is 4.79 Å². The van der Waals surface area contributed by atoms with Crippen LogP contribution in [0.1, 0.15) is 6.92 Å². The van der Waals surface area contributed by atoms with Crippen molar-refractivity contribution in [2.75, 3.05) is 0 Å². The van der Waals surface area contributed by atoms with Gasteiger partial charge in [-0.15, -0.1) is 0 Å². The molecule has 0 spiro atoms. The van der Waals surface area contributed by atoms with Crippen LogP contribution in [0.5, 0.6) is 0 Å². The van der Waals surface area contributed by atoms with Crippen LogP contribution in [0, 0.1) is 0 Å². The summed E-state index contributed by atoms with van der Waals surface area (Å²) in [6.45, 7) is 1.17. The monoisotopic (exact) mass is 184 g/mol. The first-order valence-electron chi connectivity index (χ1n) is 3.64. The van der Waals surface area contributed by atoms with Gasteiger partial charge in [-0.3, -0.25) is 4.79 Å². The molecular weight excluding hydrogens is 175 g/mol. The average Bonchev–Trinajstić information content (AvgIpc) is 2.06. The first kappa shape index (κ1) is 9.51. The van der Waals surface area contributed by atoms with Gasteiger partial charge in [-0.05, 0) is 19.1 Å². The molecule has 4 heteroatoms. The van der Waals surface area contributed by atoms with Crippen molar-refractivity contribution in [3.05, 3.63) is 35.3 Å². The predicted molar refractivity (Wildman–Crippen MR) is 45.1 cm³/mol. The van der Waals surface area contributed by atoms with Gasteiger partial charge in [-0.2, -0.15) is 0 Å². The fraction of sp³-hybridized carbons (Fsp3) is 0.222. The number of rotatable bonds is 1. The van der Waals surface area contributed by atoms with Gasteiger partial charge in [0.15, 0.2) is 6.29 Å². The Morgan fingerprint density at radius 1 is 1.46 bits per heavy atom. The van der Waals surface area contributed by atoms with Crippen molar-refractivity contribution in [2.45, 2.75) is 12.6 Å². The molecule has 70 valence electrons. The van der Waals surface area contributed by atoms with Gasteiger partial charge < -0.3 is 10.2 Å². The molecule has 13 heavy (non-hydrogen) atoms. The first-order chi connectivity index (χ1) is 5.94. The van der Waals surface area contributed by atoms with Crippen LogP contribution in [0.4, 0.5) is 4.39 Å². The second kappa shape index (κ2) is 3.05. The van der Waals surface area contributed by atoms with Crippen molar-refractivity contribution in [3.63, 3.8) is 0 Å². The molecule has 1 aliphatic carbocycles. The maximum atomic E-state index is 13.4. The summed E-state index contributed by atoms with van der Waals surface area (Å²) >= 11 is 0. The Morgan fingerprint density at radius 2 is 2.08 bits per heavy atom. The maximum Gasteiger partial charge on any atom is 0.153 e. The SMILES string of the molecule is CC1(F)C=C(O)C=C(O)C(C=O)=C1. The van der Waals surface area contributed by atoms with E-state index in [9.17, 15) is 9.18 Å². The standard InChI is InChI=1S/C9H9FO3/c1-9(10)3-6(5-11)8(13)2-7(12)4-9/h2-5,12-13H,1H3. The quantitative estimate of drug-likeness (QED) is 0.610. The Balaban J connectivity index is 3.22. The zero-order valence-electron chi connectivity index (χ0n) is 6.99. The largest absolute Gasteiger partial charge is 0.508 e. The zero-order valence-corrected chi connectivity index (χ0v) is 6.99. The van der Waals surface area contributed by atoms with Crippen LogP contribution in [0.15, 0.2) is 35.3 Å². The highest BCUT2D eigenvalue weighted by Gasteiger charge is 2.22. The number of allylic oxidation sites excluding steroid dienone is 4. The lowest BCUT2D eigenvalue weighted by Gasteiger charge is -2.09. The van der Waals surface area contributed by atoms with Crippen molar-refractivity contribution in [2.24, 2.45) is 0 Å². The Hall–Kier alpha value is -1.58. The van der Waals surface area contributed by atoms with Gasteiger partial charge in [-0.1, -0.05) is 0 Å². The number of hydrogen-bond donors (Lipinski definition) is 2. The number of hydrogen-bond acceptors (Lipinski definition) is 3. The molecule has 0 saturated carbocycles. The van der Waals surface area contributed by atoms with Crippen LogP contribution in [0.3, 0.4) is 0 Å². The highest BCUT2D eigenvalue weighted by atomic mass is 19.1. The Bertz CT molecular complexity index is 324. The lowest BCUT2D eigenvalue weighted by molar-refractivity contribution is -0.104. The highest BCUT2D eigenvalue weighted by molar-refractivity contribution is 5.80. The number of alkyl halides is 1. The highest BCUT2D eigenvalue weighted by Crippen LogP contribution is 2.23. The third-order valence-electron chi connectivity index (χ3n) is 1.58. The molecule has 1 rings (SSSR count). The molecule has 0 amide bonds. The minimum absolute atomic E-state index is 0.176. The van der Waals surface area contributed by atoms with Gasteiger partial charge in [0.1, 0.15) is 17.2 Å². The van der Waals surface area contributed by atoms with E-state index in [1.165, 1.54) is 6.92 Å². The van der Waals surface area contributed by atoms with E-state index in [4.69, 9.17) is 10.2 Å². The molecule has 1 unspecified atom stereocenters. The van der Waals surface area contributed by atoms with E-state index in [1.807, 2.05) is 0 Å². The lowest BCUT2D eigenvalue weighted by atomic mass is 10.1. The molecule has 2 N–H and O–H groups in total. The fourth-order valence-electron chi connectivity index (χ4n) is 1.07. The summed E-state index contributed by atoms with van der Waals surface area (Å²) in [6.07, 6.45) is 3.09. The van der Waals surface area contributed by atoms with Crippen molar-refractivity contribution < 1.29 is 19.4 Å². The molecule has 0 bridgehead atoms. The molecule has 3 nitrogen and oxygen atoms in total. The number of aliphatic hydroxyl groups excluding tert-OH is 2. The Kier molecular flexibility index (Phi) is 2.23. The molecule has 0 heterocycles. The lowest BCUT2D eigenvalue weighted by Crippen LogP contribution is -2.11. The Labute approximate surface area is 74.5 Å². The molecule has 0 aromatic carbocycles. The summed E-state index contributed by atoms with van der Waals surface area (Å²) in [6, 6.07) is 0. The van der Waals surface area contributed by atoms with Gasteiger partial charge in [0.25, 0.3) is 0 Å². The summed E-state index contributed by atoms with van der Waals surface area (Å²) in [5, 5.41) is 18.2. The smallest absolute Gasteiger partial charge is 0.153 e. The van der Waals surface area contributed by atoms with Gasteiger partial charge in [0, 0.05) is 6.08 Å². The molecule has 0 saturated heterocycles. The molecule has 0 radical (unpaired) electrons. The molecule has 0 fully saturated rings. The summed E-state index contributed by atoms with van der Waals surface area (Å²) < 4.78 is 13.4. The van der Waals surface area contributed by atoms with E-state index >= 15 is 0 Å². The van der Waals surface area contributed by atoms with E-state index in [0.717, 1.165) is 18.2 Å². The van der Waals surface area contributed by atoms with E-state index in [1.54, 1.807) is 0 Å². The van der Waals surface area contributed by atoms with Crippen molar-refractivity contribution in [1.82, 2.24) is 0 Å². The summed E-state index contributed by atoms with van der Waals surface area (Å²) in [7, 11) is 0. The van der Waals surface area contributed by atoms with Crippen molar-refractivity contribution in [1.29, 1.82) is 0 Å². The van der Waals surface area contributed by atoms with Crippen LogP contribution >= 0.6 is 0 Å². The van der Waals surface area contributed by atoms with Crippen LogP contribution in [0.2, 0.25) is 0 Å². The third-order valence-corrected chi connectivity index (χ3v) is 1.58. The first-order valence-corrected chi connectivity index (χ1v) is 3.64. The van der Waals surface area contributed by atoms with Gasteiger partial charge in [-0.25, -0.2) is 4.39 Å².